The number of benzene rings is 1. The summed E-state index contributed by atoms with van der Waals surface area (Å²) in [5.41, 5.74) is 1.65. The highest BCUT2D eigenvalue weighted by Crippen LogP contribution is 2.29. The second-order valence-electron chi connectivity index (χ2n) is 5.37. The lowest BCUT2D eigenvalue weighted by Gasteiger charge is -2.25. The third-order valence-corrected chi connectivity index (χ3v) is 4.56. The van der Waals surface area contributed by atoms with E-state index < -0.39 is 0 Å². The molecule has 1 N–H and O–H groups in total. The van der Waals surface area contributed by atoms with E-state index in [0.717, 1.165) is 11.4 Å². The molecule has 0 unspecified atom stereocenters. The Hall–Kier alpha value is -1.36. The number of carbonyl (C=O) groups excluding carboxylic acids is 1. The summed E-state index contributed by atoms with van der Waals surface area (Å²) in [4.78, 5) is 13.6. The van der Waals surface area contributed by atoms with Gasteiger partial charge in [-0.25, -0.2) is 0 Å². The Morgan fingerprint density at radius 2 is 2.10 bits per heavy atom. The number of amides is 1. The summed E-state index contributed by atoms with van der Waals surface area (Å²) in [5, 5.41) is 3.57. The largest absolute Gasteiger partial charge is 0.492 e. The van der Waals surface area contributed by atoms with Crippen LogP contribution in [0.5, 0.6) is 5.75 Å². The van der Waals surface area contributed by atoms with Crippen LogP contribution >= 0.6 is 11.8 Å². The minimum atomic E-state index is -0.00318. The molecule has 0 spiro atoms. The number of carbonyl (C=O) groups is 1. The van der Waals surface area contributed by atoms with E-state index in [1.54, 1.807) is 19.0 Å². The number of anilines is 1. The van der Waals surface area contributed by atoms with Gasteiger partial charge in [-0.1, -0.05) is 0 Å². The SMILES string of the molecule is CCOc1cc(C(=O)N(C)C)ccc1NC1CCSCC1. The van der Waals surface area contributed by atoms with E-state index in [9.17, 15) is 4.79 Å². The Balaban J connectivity index is 2.17. The quantitative estimate of drug-likeness (QED) is 0.907. The molecule has 1 aliphatic rings. The van der Waals surface area contributed by atoms with Crippen LogP contribution in [0.25, 0.3) is 0 Å². The first-order valence-corrected chi connectivity index (χ1v) is 8.60. The van der Waals surface area contributed by atoms with Gasteiger partial charge in [0.05, 0.1) is 12.3 Å². The zero-order valence-corrected chi connectivity index (χ0v) is 13.8. The second-order valence-corrected chi connectivity index (χ2v) is 6.60. The number of nitrogens with one attached hydrogen (secondary N) is 1. The molecular weight excluding hydrogens is 284 g/mol. The van der Waals surface area contributed by atoms with Crippen molar-refractivity contribution in [3.05, 3.63) is 23.8 Å². The standard InChI is InChI=1S/C16H24N2O2S/c1-4-20-15-11-12(16(19)18(2)3)5-6-14(15)17-13-7-9-21-10-8-13/h5-6,11,13,17H,4,7-10H2,1-3H3. The van der Waals surface area contributed by atoms with E-state index in [-0.39, 0.29) is 5.91 Å². The molecule has 0 radical (unpaired) electrons. The minimum Gasteiger partial charge on any atom is -0.492 e. The Labute approximate surface area is 131 Å². The van der Waals surface area contributed by atoms with Gasteiger partial charge in [-0.2, -0.15) is 11.8 Å². The van der Waals surface area contributed by atoms with Crippen molar-refractivity contribution in [2.75, 3.05) is 37.5 Å². The van der Waals surface area contributed by atoms with Crippen LogP contribution in [0.4, 0.5) is 5.69 Å². The normalized spacial score (nSPS) is 15.6. The molecule has 1 saturated heterocycles. The van der Waals surface area contributed by atoms with Gasteiger partial charge in [0.2, 0.25) is 0 Å². The maximum atomic E-state index is 12.0. The predicted molar refractivity (Wildman–Crippen MR) is 89.6 cm³/mol. The molecule has 2 rings (SSSR count). The molecule has 0 atom stereocenters. The van der Waals surface area contributed by atoms with Gasteiger partial charge in [0.15, 0.2) is 0 Å². The molecule has 1 fully saturated rings. The topological polar surface area (TPSA) is 41.6 Å². The molecule has 1 aromatic carbocycles. The van der Waals surface area contributed by atoms with Gasteiger partial charge in [-0.3, -0.25) is 4.79 Å². The third kappa shape index (κ3) is 4.30. The molecule has 1 aliphatic heterocycles. The van der Waals surface area contributed by atoms with Gasteiger partial charge in [0, 0.05) is 25.7 Å². The molecule has 1 amide bonds. The number of hydrogen-bond acceptors (Lipinski definition) is 4. The lowest BCUT2D eigenvalue weighted by atomic mass is 10.1. The van der Waals surface area contributed by atoms with Gasteiger partial charge in [0.25, 0.3) is 5.91 Å². The molecule has 0 saturated carbocycles. The monoisotopic (exact) mass is 308 g/mol. The molecule has 21 heavy (non-hydrogen) atoms. The van der Waals surface area contributed by atoms with Gasteiger partial charge in [0.1, 0.15) is 5.75 Å². The van der Waals surface area contributed by atoms with E-state index in [0.29, 0.717) is 18.2 Å². The van der Waals surface area contributed by atoms with Crippen LogP contribution in [0, 0.1) is 0 Å². The smallest absolute Gasteiger partial charge is 0.253 e. The van der Waals surface area contributed by atoms with Crippen molar-refractivity contribution in [1.29, 1.82) is 0 Å². The molecule has 0 aromatic heterocycles. The fourth-order valence-corrected chi connectivity index (χ4v) is 3.48. The summed E-state index contributed by atoms with van der Waals surface area (Å²) >= 11 is 2.01. The van der Waals surface area contributed by atoms with Gasteiger partial charge in [-0.15, -0.1) is 0 Å². The average molecular weight is 308 g/mol. The first kappa shape index (κ1) is 16.0. The van der Waals surface area contributed by atoms with Crippen molar-refractivity contribution in [3.8, 4) is 5.75 Å². The van der Waals surface area contributed by atoms with Crippen LogP contribution in [0.2, 0.25) is 0 Å². The summed E-state index contributed by atoms with van der Waals surface area (Å²) in [5.74, 6) is 3.18. The number of hydrogen-bond donors (Lipinski definition) is 1. The molecular formula is C16H24N2O2S. The average Bonchev–Trinajstić information content (AvgIpc) is 2.49. The Bertz CT molecular complexity index is 485. The zero-order chi connectivity index (χ0) is 15.2. The molecule has 1 aromatic rings. The van der Waals surface area contributed by atoms with Gasteiger partial charge in [-0.05, 0) is 49.5 Å². The van der Waals surface area contributed by atoms with E-state index in [2.05, 4.69) is 5.32 Å². The summed E-state index contributed by atoms with van der Waals surface area (Å²) in [6.45, 7) is 2.55. The van der Waals surface area contributed by atoms with Crippen molar-refractivity contribution >= 4 is 23.4 Å². The zero-order valence-electron chi connectivity index (χ0n) is 13.0. The summed E-state index contributed by atoms with van der Waals surface area (Å²) < 4.78 is 5.71. The first-order chi connectivity index (χ1) is 10.1. The fraction of sp³-hybridized carbons (Fsp3) is 0.562. The van der Waals surface area contributed by atoms with E-state index in [1.165, 1.54) is 24.3 Å². The Morgan fingerprint density at radius 3 is 2.71 bits per heavy atom. The summed E-state index contributed by atoms with van der Waals surface area (Å²) in [6.07, 6.45) is 2.35. The van der Waals surface area contributed by atoms with Crippen LogP contribution in [0.1, 0.15) is 30.1 Å². The lowest BCUT2D eigenvalue weighted by molar-refractivity contribution is 0.0827. The van der Waals surface area contributed by atoms with Crippen LogP contribution < -0.4 is 10.1 Å². The highest BCUT2D eigenvalue weighted by Gasteiger charge is 2.17. The lowest BCUT2D eigenvalue weighted by Crippen LogP contribution is -2.25. The van der Waals surface area contributed by atoms with Crippen molar-refractivity contribution in [3.63, 3.8) is 0 Å². The number of rotatable bonds is 5. The Kier molecular flexibility index (Phi) is 5.79. The maximum absolute atomic E-state index is 12.0. The number of thioether (sulfide) groups is 1. The highest BCUT2D eigenvalue weighted by atomic mass is 32.2. The minimum absolute atomic E-state index is 0.00318. The number of nitrogens with zero attached hydrogens (tertiary/aromatic N) is 1. The highest BCUT2D eigenvalue weighted by molar-refractivity contribution is 7.99. The molecule has 116 valence electrons. The molecule has 1 heterocycles. The van der Waals surface area contributed by atoms with Crippen LogP contribution in [-0.2, 0) is 0 Å². The molecule has 0 bridgehead atoms. The van der Waals surface area contributed by atoms with E-state index in [1.807, 2.05) is 36.9 Å². The molecule has 0 aliphatic carbocycles. The van der Waals surface area contributed by atoms with Gasteiger partial charge >= 0.3 is 0 Å². The Morgan fingerprint density at radius 1 is 1.38 bits per heavy atom. The van der Waals surface area contributed by atoms with Crippen molar-refractivity contribution in [2.45, 2.75) is 25.8 Å². The fourth-order valence-electron chi connectivity index (χ4n) is 2.37. The maximum Gasteiger partial charge on any atom is 0.253 e. The van der Waals surface area contributed by atoms with Crippen molar-refractivity contribution in [1.82, 2.24) is 4.90 Å². The third-order valence-electron chi connectivity index (χ3n) is 3.52. The summed E-state index contributed by atoms with van der Waals surface area (Å²) in [7, 11) is 3.52. The van der Waals surface area contributed by atoms with E-state index in [4.69, 9.17) is 4.74 Å². The van der Waals surface area contributed by atoms with Crippen molar-refractivity contribution in [2.24, 2.45) is 0 Å². The van der Waals surface area contributed by atoms with Crippen molar-refractivity contribution < 1.29 is 9.53 Å². The second kappa shape index (κ2) is 7.59. The van der Waals surface area contributed by atoms with E-state index >= 15 is 0 Å². The molecule has 4 nitrogen and oxygen atoms in total. The first-order valence-electron chi connectivity index (χ1n) is 7.44. The number of ether oxygens (including phenoxy) is 1. The van der Waals surface area contributed by atoms with Crippen LogP contribution in [0.3, 0.4) is 0 Å². The van der Waals surface area contributed by atoms with Crippen LogP contribution in [-0.4, -0.2) is 49.1 Å². The van der Waals surface area contributed by atoms with Crippen LogP contribution in [0.15, 0.2) is 18.2 Å². The summed E-state index contributed by atoms with van der Waals surface area (Å²) in [6, 6.07) is 6.17. The van der Waals surface area contributed by atoms with Gasteiger partial charge < -0.3 is 15.0 Å². The molecule has 5 heteroatoms. The predicted octanol–water partition coefficient (Wildman–Crippen LogP) is 3.09.